The number of amides is 1. The average Bonchev–Trinajstić information content (AvgIpc) is 2.82. The molecule has 2 fully saturated rings. The number of alkyl carbamates (subject to hydrolysis) is 1. The van der Waals surface area contributed by atoms with Crippen molar-refractivity contribution in [3.8, 4) is 0 Å². The van der Waals surface area contributed by atoms with E-state index in [1.807, 2.05) is 0 Å². The standard InChI is InChI=1S/C20H26F2N2O5S/c1-18(2,3)29-17(26)23-16-20(11-21)8-7-15(30(20,27)28)19(4,24-16)13-9-12(10-25)5-6-14(13)22/h5-6,9-10,15-16,24H,7-8,11H2,1-4H3,(H,23,26)/t15-,16?,19+,20-/m0/s1. The van der Waals surface area contributed by atoms with Crippen molar-refractivity contribution in [3.05, 3.63) is 35.1 Å². The Morgan fingerprint density at radius 1 is 1.40 bits per heavy atom. The van der Waals surface area contributed by atoms with Crippen LogP contribution in [0.3, 0.4) is 0 Å². The lowest BCUT2D eigenvalue weighted by Gasteiger charge is -2.49. The molecule has 1 unspecified atom stereocenters. The Bertz CT molecular complexity index is 978. The minimum absolute atomic E-state index is 0.0361. The van der Waals surface area contributed by atoms with Gasteiger partial charge in [-0.3, -0.25) is 10.1 Å². The van der Waals surface area contributed by atoms with Gasteiger partial charge in [-0.15, -0.1) is 0 Å². The molecule has 0 radical (unpaired) electrons. The highest BCUT2D eigenvalue weighted by Crippen LogP contribution is 2.51. The maximum Gasteiger partial charge on any atom is 0.408 e. The Labute approximate surface area is 174 Å². The van der Waals surface area contributed by atoms with Crippen molar-refractivity contribution in [3.63, 3.8) is 0 Å². The minimum Gasteiger partial charge on any atom is -0.444 e. The Hall–Kier alpha value is -2.07. The summed E-state index contributed by atoms with van der Waals surface area (Å²) in [5.74, 6) is -0.707. The lowest BCUT2D eigenvalue weighted by molar-refractivity contribution is 0.0454. The fourth-order valence-corrected chi connectivity index (χ4v) is 7.28. The molecule has 2 bridgehead atoms. The van der Waals surface area contributed by atoms with Crippen molar-refractivity contribution in [2.45, 2.75) is 67.8 Å². The first-order valence-electron chi connectivity index (χ1n) is 9.62. The molecule has 1 aromatic carbocycles. The van der Waals surface area contributed by atoms with Gasteiger partial charge in [0.1, 0.15) is 35.3 Å². The first-order valence-corrected chi connectivity index (χ1v) is 11.2. The van der Waals surface area contributed by atoms with Gasteiger partial charge >= 0.3 is 6.09 Å². The highest BCUT2D eigenvalue weighted by Gasteiger charge is 2.68. The van der Waals surface area contributed by atoms with Gasteiger partial charge in [0.05, 0.1) is 10.8 Å². The number of aldehydes is 1. The Morgan fingerprint density at radius 2 is 2.07 bits per heavy atom. The number of rotatable bonds is 4. The van der Waals surface area contributed by atoms with Crippen molar-refractivity contribution < 1.29 is 31.5 Å². The SMILES string of the molecule is CC(C)(C)OC(=O)NC1N[C@](C)(c2cc(C=O)ccc2F)[C@@H]2CC[C@@]1(CF)S2(=O)=O. The van der Waals surface area contributed by atoms with E-state index >= 15 is 0 Å². The van der Waals surface area contributed by atoms with E-state index in [1.165, 1.54) is 19.1 Å². The average molecular weight is 445 g/mol. The number of nitrogens with one attached hydrogen (secondary N) is 2. The van der Waals surface area contributed by atoms with E-state index in [2.05, 4.69) is 10.6 Å². The number of sulfone groups is 1. The number of halogens is 2. The molecule has 2 N–H and O–H groups in total. The molecule has 2 aliphatic rings. The van der Waals surface area contributed by atoms with Gasteiger partial charge in [0.25, 0.3) is 0 Å². The molecule has 2 saturated heterocycles. The summed E-state index contributed by atoms with van der Waals surface area (Å²) < 4.78 is 59.1. The molecule has 1 amide bonds. The quantitative estimate of drug-likeness (QED) is 0.693. The van der Waals surface area contributed by atoms with Crippen LogP contribution in [0, 0.1) is 5.82 Å². The summed E-state index contributed by atoms with van der Waals surface area (Å²) in [5, 5.41) is 4.29. The molecule has 10 heteroatoms. The molecule has 7 nitrogen and oxygen atoms in total. The van der Waals surface area contributed by atoms with E-state index < -0.39 is 55.7 Å². The smallest absolute Gasteiger partial charge is 0.408 e. The molecule has 4 atom stereocenters. The molecule has 30 heavy (non-hydrogen) atoms. The van der Waals surface area contributed by atoms with Crippen LogP contribution in [0.25, 0.3) is 0 Å². The van der Waals surface area contributed by atoms with Crippen LogP contribution < -0.4 is 10.6 Å². The molecule has 0 saturated carbocycles. The van der Waals surface area contributed by atoms with E-state index in [0.29, 0.717) is 6.29 Å². The highest BCUT2D eigenvalue weighted by molar-refractivity contribution is 7.94. The lowest BCUT2D eigenvalue weighted by Crippen LogP contribution is -2.74. The zero-order valence-electron chi connectivity index (χ0n) is 17.3. The van der Waals surface area contributed by atoms with Gasteiger partial charge in [0.15, 0.2) is 9.84 Å². The molecule has 1 aromatic rings. The molecular formula is C20H26F2N2O5S. The summed E-state index contributed by atoms with van der Waals surface area (Å²) in [6, 6.07) is 3.64. The molecule has 0 aromatic heterocycles. The molecule has 2 aliphatic heterocycles. The van der Waals surface area contributed by atoms with Gasteiger partial charge in [-0.2, -0.15) is 0 Å². The van der Waals surface area contributed by atoms with Crippen LogP contribution in [0.4, 0.5) is 13.6 Å². The van der Waals surface area contributed by atoms with Crippen LogP contribution in [0.5, 0.6) is 0 Å². The van der Waals surface area contributed by atoms with Crippen molar-refractivity contribution in [2.75, 3.05) is 6.67 Å². The van der Waals surface area contributed by atoms with Crippen molar-refractivity contribution in [1.29, 1.82) is 0 Å². The Balaban J connectivity index is 2.10. The van der Waals surface area contributed by atoms with Gasteiger partial charge in [-0.05, 0) is 58.7 Å². The number of hydrogen-bond donors (Lipinski definition) is 2. The predicted molar refractivity (Wildman–Crippen MR) is 106 cm³/mol. The third kappa shape index (κ3) is 3.39. The first kappa shape index (κ1) is 22.6. The number of carbonyl (C=O) groups is 2. The van der Waals surface area contributed by atoms with Crippen molar-refractivity contribution in [2.24, 2.45) is 0 Å². The summed E-state index contributed by atoms with van der Waals surface area (Å²) in [6.07, 6.45) is -1.72. The van der Waals surface area contributed by atoms with E-state index in [1.54, 1.807) is 20.8 Å². The number of fused-ring (bicyclic) bond motifs is 2. The third-order valence-corrected chi connectivity index (χ3v) is 9.10. The van der Waals surface area contributed by atoms with Crippen LogP contribution in [0.15, 0.2) is 18.2 Å². The summed E-state index contributed by atoms with van der Waals surface area (Å²) in [4.78, 5) is 23.6. The van der Waals surface area contributed by atoms with Gasteiger partial charge in [-0.1, -0.05) is 0 Å². The van der Waals surface area contributed by atoms with Gasteiger partial charge < -0.3 is 10.1 Å². The molecule has 0 aliphatic carbocycles. The maximum atomic E-state index is 14.8. The Kier molecular flexibility index (Phi) is 5.47. The third-order valence-electron chi connectivity index (χ3n) is 5.96. The van der Waals surface area contributed by atoms with Crippen LogP contribution in [0.1, 0.15) is 56.5 Å². The fraction of sp³-hybridized carbons (Fsp3) is 0.600. The first-order chi connectivity index (χ1) is 13.8. The van der Waals surface area contributed by atoms with Crippen molar-refractivity contribution in [1.82, 2.24) is 10.6 Å². The van der Waals surface area contributed by atoms with E-state index in [9.17, 15) is 26.8 Å². The second-order valence-corrected chi connectivity index (χ2v) is 11.5. The van der Waals surface area contributed by atoms with E-state index in [4.69, 9.17) is 4.74 Å². The summed E-state index contributed by atoms with van der Waals surface area (Å²) in [5.41, 5.74) is -2.22. The topological polar surface area (TPSA) is 102 Å². The number of alkyl halides is 1. The number of ether oxygens (including phenoxy) is 1. The molecule has 0 spiro atoms. The van der Waals surface area contributed by atoms with Gasteiger partial charge in [0, 0.05) is 11.1 Å². The normalized spacial score (nSPS) is 32.5. The highest BCUT2D eigenvalue weighted by atomic mass is 32.2. The molecule has 2 heterocycles. The second-order valence-electron chi connectivity index (χ2n) is 9.05. The molecule has 166 valence electrons. The van der Waals surface area contributed by atoms with E-state index in [0.717, 1.165) is 6.07 Å². The zero-order chi connectivity index (χ0) is 22.5. The summed E-state index contributed by atoms with van der Waals surface area (Å²) >= 11 is 0. The maximum absolute atomic E-state index is 14.8. The zero-order valence-corrected chi connectivity index (χ0v) is 18.1. The number of benzene rings is 1. The van der Waals surface area contributed by atoms with Gasteiger partial charge in [-0.25, -0.2) is 22.0 Å². The Morgan fingerprint density at radius 3 is 2.63 bits per heavy atom. The summed E-state index contributed by atoms with van der Waals surface area (Å²) in [6.45, 7) is 5.18. The van der Waals surface area contributed by atoms with Crippen LogP contribution in [-0.4, -0.2) is 49.2 Å². The number of carbonyl (C=O) groups excluding carboxylic acids is 2. The fourth-order valence-electron chi connectivity index (χ4n) is 4.47. The molecule has 3 rings (SSSR count). The van der Waals surface area contributed by atoms with Crippen LogP contribution in [0.2, 0.25) is 0 Å². The van der Waals surface area contributed by atoms with E-state index in [-0.39, 0.29) is 24.0 Å². The van der Waals surface area contributed by atoms with Crippen molar-refractivity contribution >= 4 is 22.2 Å². The van der Waals surface area contributed by atoms with Gasteiger partial charge in [0.2, 0.25) is 0 Å². The summed E-state index contributed by atoms with van der Waals surface area (Å²) in [7, 11) is -4.13. The largest absolute Gasteiger partial charge is 0.444 e. The van der Waals surface area contributed by atoms with Crippen LogP contribution in [-0.2, 0) is 20.1 Å². The monoisotopic (exact) mass is 444 g/mol. The predicted octanol–water partition coefficient (Wildman–Crippen LogP) is 2.59. The van der Waals surface area contributed by atoms with Crippen LogP contribution >= 0.6 is 0 Å². The lowest BCUT2D eigenvalue weighted by atomic mass is 9.85. The second kappa shape index (κ2) is 7.26. The number of hydrogen-bond acceptors (Lipinski definition) is 6. The minimum atomic E-state index is -4.13. The molecular weight excluding hydrogens is 418 g/mol.